The van der Waals surface area contributed by atoms with Crippen molar-refractivity contribution in [2.75, 3.05) is 7.11 Å². The predicted octanol–water partition coefficient (Wildman–Crippen LogP) is 5.67. The fourth-order valence-corrected chi connectivity index (χ4v) is 6.05. The minimum Gasteiger partial charge on any atom is -0.505 e. The first-order valence-corrected chi connectivity index (χ1v) is 17.0. The van der Waals surface area contributed by atoms with Gasteiger partial charge in [0.05, 0.1) is 7.11 Å². The number of aromatic hydroxyl groups is 2. The van der Waals surface area contributed by atoms with E-state index in [0.717, 1.165) is 36.8 Å². The average molecular weight is 691 g/mol. The van der Waals surface area contributed by atoms with Gasteiger partial charge in [0.25, 0.3) is 0 Å². The third kappa shape index (κ3) is 7.47. The fourth-order valence-electron chi connectivity index (χ4n) is 6.05. The number of unbranched alkanes of at least 4 members (excludes halogenated alkanes) is 2. The highest BCUT2D eigenvalue weighted by molar-refractivity contribution is 6.35. The summed E-state index contributed by atoms with van der Waals surface area (Å²) in [5.41, 5.74) is 5.55. The second-order valence-electron chi connectivity index (χ2n) is 13.3. The quantitative estimate of drug-likeness (QED) is 0.0933. The lowest BCUT2D eigenvalue weighted by atomic mass is 9.79. The topological polar surface area (TPSA) is 169 Å². The van der Waals surface area contributed by atoms with Crippen LogP contribution in [0.4, 0.5) is 0 Å². The van der Waals surface area contributed by atoms with Crippen molar-refractivity contribution < 1.29 is 24.5 Å². The summed E-state index contributed by atoms with van der Waals surface area (Å²) in [6.45, 7) is 8.06. The lowest BCUT2D eigenvalue weighted by Crippen LogP contribution is -2.39. The van der Waals surface area contributed by atoms with Gasteiger partial charge in [-0.2, -0.15) is 0 Å². The number of benzene rings is 4. The van der Waals surface area contributed by atoms with Crippen molar-refractivity contribution >= 4 is 33.9 Å². The van der Waals surface area contributed by atoms with Crippen molar-refractivity contribution in [2.24, 2.45) is 0 Å². The number of phenols is 2. The number of nitrogens with one attached hydrogen (secondary N) is 2. The Morgan fingerprint density at radius 3 is 1.88 bits per heavy atom. The molecule has 13 nitrogen and oxygen atoms in total. The standard InChI is InChI=1S/C38H42N8O5/c1-6-7-10-15-38(3,4)26-18-25(35(48)33(19-26)46-41-28-11-8-9-12-29(28)42-46)22-40-37(50)36(49)39-21-24-16-23(2)17-32(34(24)47)45-43-30-14-13-27(51-5)20-31(30)44-45/h8-9,11-14,16-20,47-48H,6-7,10,15,21-22H2,1-5H3,(H,39,49)(H,40,50). The van der Waals surface area contributed by atoms with Crippen LogP contribution in [0.2, 0.25) is 0 Å². The molecule has 13 heteroatoms. The van der Waals surface area contributed by atoms with Crippen molar-refractivity contribution in [3.63, 3.8) is 0 Å². The maximum atomic E-state index is 13.0. The number of rotatable bonds is 12. The summed E-state index contributed by atoms with van der Waals surface area (Å²) in [7, 11) is 1.56. The Bertz CT molecular complexity index is 2210. The first-order chi connectivity index (χ1) is 24.5. The minimum absolute atomic E-state index is 0.0975. The van der Waals surface area contributed by atoms with Crippen LogP contribution in [0.25, 0.3) is 33.4 Å². The predicted molar refractivity (Wildman–Crippen MR) is 193 cm³/mol. The molecule has 4 N–H and O–H groups in total. The van der Waals surface area contributed by atoms with Crippen molar-refractivity contribution in [1.29, 1.82) is 0 Å². The van der Waals surface area contributed by atoms with Gasteiger partial charge in [-0.15, -0.1) is 30.0 Å². The summed E-state index contributed by atoms with van der Waals surface area (Å²) in [6, 6.07) is 19.9. The van der Waals surface area contributed by atoms with Gasteiger partial charge in [0.15, 0.2) is 0 Å². The van der Waals surface area contributed by atoms with Crippen molar-refractivity contribution in [1.82, 2.24) is 40.6 Å². The molecule has 6 aromatic rings. The third-order valence-electron chi connectivity index (χ3n) is 9.06. The first kappa shape index (κ1) is 34.9. The maximum Gasteiger partial charge on any atom is 0.309 e. The number of aromatic nitrogens is 6. The molecule has 0 aliphatic rings. The smallest absolute Gasteiger partial charge is 0.309 e. The minimum atomic E-state index is -0.900. The molecule has 2 amide bonds. The molecule has 0 radical (unpaired) electrons. The second kappa shape index (κ2) is 14.5. The lowest BCUT2D eigenvalue weighted by molar-refractivity contribution is -0.139. The number of nitrogens with zero attached hydrogens (tertiary/aromatic N) is 6. The molecule has 264 valence electrons. The van der Waals surface area contributed by atoms with Gasteiger partial charge in [-0.25, -0.2) is 0 Å². The zero-order valence-electron chi connectivity index (χ0n) is 29.4. The Morgan fingerprint density at radius 2 is 1.29 bits per heavy atom. The van der Waals surface area contributed by atoms with Crippen LogP contribution in [0.1, 0.15) is 68.7 Å². The van der Waals surface area contributed by atoms with Gasteiger partial charge < -0.3 is 25.6 Å². The molecule has 2 aromatic heterocycles. The summed E-state index contributed by atoms with van der Waals surface area (Å²) in [5, 5.41) is 45.9. The van der Waals surface area contributed by atoms with Crippen molar-refractivity contribution in [3.05, 3.63) is 89.0 Å². The Balaban J connectivity index is 1.19. The van der Waals surface area contributed by atoms with E-state index in [9.17, 15) is 19.8 Å². The molecule has 0 saturated heterocycles. The zero-order chi connectivity index (χ0) is 36.3. The van der Waals surface area contributed by atoms with Gasteiger partial charge in [-0.3, -0.25) is 9.59 Å². The third-order valence-corrected chi connectivity index (χ3v) is 9.06. The van der Waals surface area contributed by atoms with Crippen LogP contribution in [0.15, 0.2) is 66.7 Å². The zero-order valence-corrected chi connectivity index (χ0v) is 29.4. The Kier molecular flexibility index (Phi) is 9.90. The van der Waals surface area contributed by atoms with Crippen LogP contribution in [-0.4, -0.2) is 59.1 Å². The number of ether oxygens (including phenoxy) is 1. The van der Waals surface area contributed by atoms with E-state index in [4.69, 9.17) is 4.74 Å². The van der Waals surface area contributed by atoms with E-state index >= 15 is 0 Å². The molecule has 0 fully saturated rings. The molecular weight excluding hydrogens is 648 g/mol. The highest BCUT2D eigenvalue weighted by Crippen LogP contribution is 2.36. The van der Waals surface area contributed by atoms with Crippen LogP contribution in [-0.2, 0) is 28.1 Å². The van der Waals surface area contributed by atoms with Crippen LogP contribution < -0.4 is 15.4 Å². The summed E-state index contributed by atoms with van der Waals surface area (Å²) in [5.74, 6) is -1.40. The van der Waals surface area contributed by atoms with Crippen LogP contribution in [0.5, 0.6) is 17.2 Å². The van der Waals surface area contributed by atoms with Gasteiger partial charge >= 0.3 is 11.8 Å². The Labute approximate surface area is 295 Å². The molecule has 4 aromatic carbocycles. The largest absolute Gasteiger partial charge is 0.505 e. The molecular formula is C38H42N8O5. The van der Waals surface area contributed by atoms with E-state index in [-0.39, 0.29) is 30.0 Å². The van der Waals surface area contributed by atoms with Gasteiger partial charge in [0.2, 0.25) is 0 Å². The number of amides is 2. The number of fused-ring (bicyclic) bond motifs is 2. The summed E-state index contributed by atoms with van der Waals surface area (Å²) in [6.07, 6.45) is 4.16. The molecule has 51 heavy (non-hydrogen) atoms. The van der Waals surface area contributed by atoms with Gasteiger partial charge in [0.1, 0.15) is 50.7 Å². The maximum absolute atomic E-state index is 13.0. The van der Waals surface area contributed by atoms with Gasteiger partial charge in [0, 0.05) is 30.3 Å². The molecule has 0 aliphatic carbocycles. The van der Waals surface area contributed by atoms with Crippen LogP contribution >= 0.6 is 0 Å². The second-order valence-corrected chi connectivity index (χ2v) is 13.3. The number of carbonyl (C=O) groups excluding carboxylic acids is 2. The van der Waals surface area contributed by atoms with E-state index in [1.165, 1.54) is 9.59 Å². The number of phenolic OH excluding ortho intramolecular Hbond substituents is 2. The monoisotopic (exact) mass is 690 g/mol. The normalized spacial score (nSPS) is 11.6. The molecule has 0 bridgehead atoms. The van der Waals surface area contributed by atoms with E-state index in [1.54, 1.807) is 37.4 Å². The van der Waals surface area contributed by atoms with E-state index in [1.807, 2.05) is 43.3 Å². The molecule has 0 unspecified atom stereocenters. The Hall–Kier alpha value is -5.98. The van der Waals surface area contributed by atoms with Gasteiger partial charge in [-0.05, 0) is 72.4 Å². The highest BCUT2D eigenvalue weighted by Gasteiger charge is 2.25. The van der Waals surface area contributed by atoms with Crippen molar-refractivity contribution in [2.45, 2.75) is 71.9 Å². The first-order valence-electron chi connectivity index (χ1n) is 17.0. The number of methoxy groups -OCH3 is 1. The fraction of sp³-hybridized carbons (Fsp3) is 0.316. The summed E-state index contributed by atoms with van der Waals surface area (Å²) >= 11 is 0. The molecule has 0 spiro atoms. The number of carbonyl (C=O) groups is 2. The molecule has 0 saturated carbocycles. The molecule has 0 aliphatic heterocycles. The molecule has 2 heterocycles. The SMILES string of the molecule is CCCCCC(C)(C)c1cc(CNC(=O)C(=O)NCc2cc(C)cc(-n3nc4ccc(OC)cc4n3)c2O)c(O)c(-n2nc3ccccc3n2)c1. The van der Waals surface area contributed by atoms with E-state index < -0.39 is 11.8 Å². The number of hydrogen-bond acceptors (Lipinski definition) is 9. The summed E-state index contributed by atoms with van der Waals surface area (Å²) in [4.78, 5) is 28.7. The lowest BCUT2D eigenvalue weighted by Gasteiger charge is -2.27. The van der Waals surface area contributed by atoms with Gasteiger partial charge in [-0.1, -0.05) is 58.2 Å². The average Bonchev–Trinajstić information content (AvgIpc) is 3.75. The summed E-state index contributed by atoms with van der Waals surface area (Å²) < 4.78 is 5.27. The molecule has 6 rings (SSSR count). The molecule has 0 atom stereocenters. The van der Waals surface area contributed by atoms with Crippen LogP contribution in [0.3, 0.4) is 0 Å². The Morgan fingerprint density at radius 1 is 0.745 bits per heavy atom. The van der Waals surface area contributed by atoms with E-state index in [0.29, 0.717) is 50.3 Å². The highest BCUT2D eigenvalue weighted by atomic mass is 16.5. The number of hydrogen-bond donors (Lipinski definition) is 4. The van der Waals surface area contributed by atoms with E-state index in [2.05, 4.69) is 51.8 Å². The van der Waals surface area contributed by atoms with Crippen LogP contribution in [0, 0.1) is 6.92 Å². The number of aryl methyl sites for hydroxylation is 1. The van der Waals surface area contributed by atoms with Crippen molar-refractivity contribution in [3.8, 4) is 28.6 Å².